The van der Waals surface area contributed by atoms with E-state index in [1.165, 1.54) is 12.1 Å². The Bertz CT molecular complexity index is 685. The fourth-order valence-electron chi connectivity index (χ4n) is 1.79. The molecular formula is C16H14BrF3N2O. The number of nitrogens with zero attached hydrogens (tertiary/aromatic N) is 1. The molecule has 23 heavy (non-hydrogen) atoms. The molecule has 3 nitrogen and oxygen atoms in total. The summed E-state index contributed by atoms with van der Waals surface area (Å²) in [6.07, 6.45) is -2.77. The van der Waals surface area contributed by atoms with Crippen LogP contribution < -0.4 is 10.2 Å². The van der Waals surface area contributed by atoms with Crippen molar-refractivity contribution in [2.75, 3.05) is 12.0 Å². The summed E-state index contributed by atoms with van der Waals surface area (Å²) in [4.78, 5) is 0. The quantitative estimate of drug-likeness (QED) is 0.557. The van der Waals surface area contributed by atoms with E-state index < -0.39 is 11.7 Å². The molecule has 7 heteroatoms. The summed E-state index contributed by atoms with van der Waals surface area (Å²) in [5.74, 6) is 0.736. The van der Waals surface area contributed by atoms with Gasteiger partial charge in [-0.25, -0.2) is 0 Å². The molecule has 2 aromatic carbocycles. The van der Waals surface area contributed by atoms with Crippen molar-refractivity contribution in [2.24, 2.45) is 5.10 Å². The number of hydrazone groups is 1. The number of rotatable bonds is 5. The number of benzene rings is 2. The molecule has 0 aliphatic carbocycles. The fraction of sp³-hybridized carbons (Fsp3) is 0.188. The fourth-order valence-corrected chi connectivity index (χ4v) is 2.30. The van der Waals surface area contributed by atoms with Crippen molar-refractivity contribution in [3.05, 3.63) is 58.1 Å². The second-order valence-electron chi connectivity index (χ2n) is 4.57. The average Bonchev–Trinajstić information content (AvgIpc) is 2.50. The zero-order chi connectivity index (χ0) is 16.9. The Kier molecular flexibility index (Phi) is 5.65. The number of halogens is 4. The predicted molar refractivity (Wildman–Crippen MR) is 88.0 cm³/mol. The molecule has 0 saturated carbocycles. The molecule has 0 aliphatic rings. The highest BCUT2D eigenvalue weighted by atomic mass is 79.9. The minimum Gasteiger partial charge on any atom is -0.493 e. The van der Waals surface area contributed by atoms with E-state index >= 15 is 0 Å². The summed E-state index contributed by atoms with van der Waals surface area (Å²) in [6.45, 7) is 2.47. The summed E-state index contributed by atoms with van der Waals surface area (Å²) in [7, 11) is 0. The number of ether oxygens (including phenoxy) is 1. The van der Waals surface area contributed by atoms with E-state index in [-0.39, 0.29) is 0 Å². The first-order valence-electron chi connectivity index (χ1n) is 6.79. The lowest BCUT2D eigenvalue weighted by atomic mass is 10.2. The highest BCUT2D eigenvalue weighted by molar-refractivity contribution is 9.10. The van der Waals surface area contributed by atoms with E-state index in [4.69, 9.17) is 4.74 Å². The van der Waals surface area contributed by atoms with E-state index in [1.807, 2.05) is 25.1 Å². The number of nitrogens with one attached hydrogen (secondary N) is 1. The van der Waals surface area contributed by atoms with Crippen LogP contribution in [0.15, 0.2) is 52.0 Å². The third-order valence-electron chi connectivity index (χ3n) is 2.88. The molecule has 2 aromatic rings. The maximum Gasteiger partial charge on any atom is 0.416 e. The van der Waals surface area contributed by atoms with Gasteiger partial charge in [-0.2, -0.15) is 18.3 Å². The van der Waals surface area contributed by atoms with Crippen LogP contribution in [0, 0.1) is 0 Å². The lowest BCUT2D eigenvalue weighted by Gasteiger charge is -2.07. The van der Waals surface area contributed by atoms with Crippen LogP contribution in [-0.2, 0) is 6.18 Å². The van der Waals surface area contributed by atoms with Gasteiger partial charge in [0.25, 0.3) is 0 Å². The van der Waals surface area contributed by atoms with Crippen LogP contribution in [0.4, 0.5) is 18.9 Å². The first kappa shape index (κ1) is 17.3. The summed E-state index contributed by atoms with van der Waals surface area (Å²) in [5.41, 5.74) is 3.29. The van der Waals surface area contributed by atoms with Crippen molar-refractivity contribution >= 4 is 27.8 Å². The number of anilines is 1. The molecule has 122 valence electrons. The van der Waals surface area contributed by atoms with Crippen LogP contribution in [0.25, 0.3) is 0 Å². The largest absolute Gasteiger partial charge is 0.493 e. The Morgan fingerprint density at radius 3 is 2.43 bits per heavy atom. The topological polar surface area (TPSA) is 33.6 Å². The second-order valence-corrected chi connectivity index (χ2v) is 5.42. The maximum absolute atomic E-state index is 12.5. The van der Waals surface area contributed by atoms with Gasteiger partial charge in [0.05, 0.1) is 28.5 Å². The number of alkyl halides is 3. The van der Waals surface area contributed by atoms with E-state index in [1.54, 1.807) is 6.21 Å². The zero-order valence-electron chi connectivity index (χ0n) is 12.2. The van der Waals surface area contributed by atoms with Gasteiger partial charge in [0.2, 0.25) is 0 Å². The molecule has 0 aromatic heterocycles. The van der Waals surface area contributed by atoms with Gasteiger partial charge in [-0.05, 0) is 70.9 Å². The van der Waals surface area contributed by atoms with Gasteiger partial charge in [-0.15, -0.1) is 0 Å². The van der Waals surface area contributed by atoms with Gasteiger partial charge in [0, 0.05) is 0 Å². The van der Waals surface area contributed by atoms with Gasteiger partial charge in [-0.3, -0.25) is 5.43 Å². The summed E-state index contributed by atoms with van der Waals surface area (Å²) in [5, 5.41) is 4.00. The smallest absolute Gasteiger partial charge is 0.416 e. The highest BCUT2D eigenvalue weighted by Gasteiger charge is 2.29. The van der Waals surface area contributed by atoms with Crippen LogP contribution in [0.2, 0.25) is 0 Å². The van der Waals surface area contributed by atoms with Gasteiger partial charge in [0.1, 0.15) is 5.75 Å². The summed E-state index contributed by atoms with van der Waals surface area (Å²) >= 11 is 3.40. The number of hydrogen-bond acceptors (Lipinski definition) is 3. The monoisotopic (exact) mass is 386 g/mol. The Morgan fingerprint density at radius 2 is 1.87 bits per heavy atom. The minimum absolute atomic E-state index is 0.472. The molecule has 0 fully saturated rings. The molecule has 0 aliphatic heterocycles. The predicted octanol–water partition coefficient (Wildman–Crippen LogP) is 5.31. The number of hydrogen-bond donors (Lipinski definition) is 1. The van der Waals surface area contributed by atoms with Gasteiger partial charge in [0.15, 0.2) is 0 Å². The summed E-state index contributed by atoms with van der Waals surface area (Å²) in [6, 6.07) is 10.1. The van der Waals surface area contributed by atoms with Crippen LogP contribution in [-0.4, -0.2) is 12.8 Å². The molecule has 0 heterocycles. The molecule has 0 unspecified atom stereocenters. The zero-order valence-corrected chi connectivity index (χ0v) is 13.8. The lowest BCUT2D eigenvalue weighted by molar-refractivity contribution is -0.137. The molecule has 0 spiro atoms. The molecule has 0 atom stereocenters. The van der Waals surface area contributed by atoms with Crippen LogP contribution in [0.1, 0.15) is 18.1 Å². The Labute approximate surface area is 140 Å². The van der Waals surface area contributed by atoms with Crippen molar-refractivity contribution in [1.82, 2.24) is 0 Å². The first-order chi connectivity index (χ1) is 10.9. The highest BCUT2D eigenvalue weighted by Crippen LogP contribution is 2.29. The molecule has 0 bridgehead atoms. The Morgan fingerprint density at radius 1 is 1.17 bits per heavy atom. The molecule has 0 saturated heterocycles. The van der Waals surface area contributed by atoms with Crippen molar-refractivity contribution in [1.29, 1.82) is 0 Å². The van der Waals surface area contributed by atoms with Gasteiger partial charge >= 0.3 is 6.18 Å². The molecule has 1 N–H and O–H groups in total. The second kappa shape index (κ2) is 7.50. The SMILES string of the molecule is CCOc1ccc(/C=N/Nc2ccc(C(F)(F)F)cc2)cc1Br. The summed E-state index contributed by atoms with van der Waals surface area (Å²) < 4.78 is 43.6. The van der Waals surface area contributed by atoms with Crippen molar-refractivity contribution in [3.63, 3.8) is 0 Å². The van der Waals surface area contributed by atoms with Crippen molar-refractivity contribution < 1.29 is 17.9 Å². The third kappa shape index (κ3) is 4.99. The van der Waals surface area contributed by atoms with Crippen molar-refractivity contribution in [3.8, 4) is 5.75 Å². The van der Waals surface area contributed by atoms with Crippen LogP contribution in [0.3, 0.4) is 0 Å². The molecule has 0 amide bonds. The Hall–Kier alpha value is -2.02. The third-order valence-corrected chi connectivity index (χ3v) is 3.49. The molecular weight excluding hydrogens is 373 g/mol. The van der Waals surface area contributed by atoms with E-state index in [9.17, 15) is 13.2 Å². The molecule has 2 rings (SSSR count). The van der Waals surface area contributed by atoms with E-state index in [0.29, 0.717) is 12.3 Å². The van der Waals surface area contributed by atoms with Gasteiger partial charge in [-0.1, -0.05) is 0 Å². The molecule has 0 radical (unpaired) electrons. The van der Waals surface area contributed by atoms with Gasteiger partial charge < -0.3 is 4.74 Å². The van der Waals surface area contributed by atoms with E-state index in [2.05, 4.69) is 26.5 Å². The Balaban J connectivity index is 2.00. The standard InChI is InChI=1S/C16H14BrF3N2O/c1-2-23-15-8-3-11(9-14(15)17)10-21-22-13-6-4-12(5-7-13)16(18,19)20/h3-10,22H,2H2,1H3/b21-10+. The van der Waals surface area contributed by atoms with Crippen molar-refractivity contribution in [2.45, 2.75) is 13.1 Å². The first-order valence-corrected chi connectivity index (χ1v) is 7.58. The minimum atomic E-state index is -4.34. The maximum atomic E-state index is 12.5. The average molecular weight is 387 g/mol. The van der Waals surface area contributed by atoms with Crippen LogP contribution >= 0.6 is 15.9 Å². The normalized spacial score (nSPS) is 11.7. The lowest BCUT2D eigenvalue weighted by Crippen LogP contribution is -2.04. The van der Waals surface area contributed by atoms with E-state index in [0.717, 1.165) is 27.9 Å². The van der Waals surface area contributed by atoms with Crippen LogP contribution in [0.5, 0.6) is 5.75 Å².